The molecule has 0 spiro atoms. The Morgan fingerprint density at radius 2 is 1.68 bits per heavy atom. The summed E-state index contributed by atoms with van der Waals surface area (Å²) in [5.41, 5.74) is 1.29. The van der Waals surface area contributed by atoms with Gasteiger partial charge in [-0.15, -0.1) is 11.8 Å². The minimum Gasteiger partial charge on any atom is -0.307 e. The Morgan fingerprint density at radius 1 is 0.973 bits per heavy atom. The van der Waals surface area contributed by atoms with Crippen molar-refractivity contribution in [3.8, 4) is 0 Å². The van der Waals surface area contributed by atoms with Crippen LogP contribution in [-0.4, -0.2) is 22.0 Å². The van der Waals surface area contributed by atoms with Crippen LogP contribution in [0.4, 0.5) is 18.9 Å². The summed E-state index contributed by atoms with van der Waals surface area (Å²) in [7, 11) is 0. The maximum atomic E-state index is 13.7. The number of thiazole rings is 1. The van der Waals surface area contributed by atoms with Gasteiger partial charge in [0.25, 0.3) is 0 Å². The number of carbonyl (C=O) groups excluding carboxylic acids is 2. The second kappa shape index (κ2) is 7.83. The van der Waals surface area contributed by atoms with Gasteiger partial charge < -0.3 is 4.98 Å². The lowest BCUT2D eigenvalue weighted by atomic mass is 9.68. The van der Waals surface area contributed by atoms with Gasteiger partial charge in [-0.05, 0) is 54.9 Å². The highest BCUT2D eigenvalue weighted by Gasteiger charge is 2.69. The third-order valence-electron chi connectivity index (χ3n) is 8.59. The number of benzene rings is 2. The van der Waals surface area contributed by atoms with Crippen molar-refractivity contribution in [1.82, 2.24) is 4.98 Å². The number of amides is 2. The van der Waals surface area contributed by atoms with Crippen molar-refractivity contribution >= 4 is 40.6 Å². The second-order valence-corrected chi connectivity index (χ2v) is 12.6. The van der Waals surface area contributed by atoms with Crippen molar-refractivity contribution in [2.45, 2.75) is 35.7 Å². The molecule has 7 atom stereocenters. The molecule has 2 aliphatic carbocycles. The summed E-state index contributed by atoms with van der Waals surface area (Å²) in [5, 5.41) is 0.867. The molecule has 190 valence electrons. The number of hydrogen-bond acceptors (Lipinski definition) is 5. The third kappa shape index (κ3) is 3.27. The van der Waals surface area contributed by atoms with E-state index in [0.29, 0.717) is 0 Å². The van der Waals surface area contributed by atoms with Crippen LogP contribution >= 0.6 is 23.1 Å². The summed E-state index contributed by atoms with van der Waals surface area (Å²) in [6.45, 7) is 2.01. The van der Waals surface area contributed by atoms with Crippen molar-refractivity contribution < 1.29 is 22.8 Å². The van der Waals surface area contributed by atoms with Gasteiger partial charge in [0.2, 0.25) is 11.8 Å². The number of nitrogens with zero attached hydrogens (tertiary/aromatic N) is 1. The Labute approximate surface area is 218 Å². The summed E-state index contributed by atoms with van der Waals surface area (Å²) in [6.07, 6.45) is -3.84. The molecule has 3 heterocycles. The number of carbonyl (C=O) groups is 2. The number of alkyl halides is 3. The lowest BCUT2D eigenvalue weighted by molar-refractivity contribution is -0.137. The van der Waals surface area contributed by atoms with E-state index < -0.39 is 35.4 Å². The molecule has 2 amide bonds. The van der Waals surface area contributed by atoms with Crippen LogP contribution in [0, 0.1) is 36.5 Å². The lowest BCUT2D eigenvalue weighted by Crippen LogP contribution is -2.42. The number of aryl methyl sites for hydroxylation is 1. The molecule has 2 bridgehead atoms. The van der Waals surface area contributed by atoms with E-state index in [2.05, 4.69) is 17.1 Å². The number of anilines is 1. The Bertz CT molecular complexity index is 1510. The highest BCUT2D eigenvalue weighted by molar-refractivity contribution is 8.00. The molecule has 2 aliphatic heterocycles. The van der Waals surface area contributed by atoms with Gasteiger partial charge in [-0.2, -0.15) is 13.2 Å². The molecule has 10 heteroatoms. The van der Waals surface area contributed by atoms with Gasteiger partial charge in [-0.25, -0.2) is 0 Å². The highest BCUT2D eigenvalue weighted by atomic mass is 32.2. The summed E-state index contributed by atoms with van der Waals surface area (Å²) < 4.78 is 40.1. The smallest absolute Gasteiger partial charge is 0.307 e. The van der Waals surface area contributed by atoms with Crippen LogP contribution < -0.4 is 9.77 Å². The van der Waals surface area contributed by atoms with E-state index in [1.807, 2.05) is 19.1 Å². The number of H-pyrrole nitrogens is 1. The first kappa shape index (κ1) is 23.3. The zero-order chi connectivity index (χ0) is 25.8. The van der Waals surface area contributed by atoms with Crippen molar-refractivity contribution in [3.63, 3.8) is 0 Å². The summed E-state index contributed by atoms with van der Waals surface area (Å²) in [5.74, 6) is -2.11. The van der Waals surface area contributed by atoms with E-state index in [1.54, 1.807) is 11.8 Å². The molecule has 3 fully saturated rings. The molecule has 2 aromatic carbocycles. The van der Waals surface area contributed by atoms with Gasteiger partial charge in [-0.1, -0.05) is 47.2 Å². The molecular formula is C27H21F3N2O3S2. The van der Waals surface area contributed by atoms with Crippen molar-refractivity contribution in [1.29, 1.82) is 0 Å². The van der Waals surface area contributed by atoms with Gasteiger partial charge >= 0.3 is 11.0 Å². The topological polar surface area (TPSA) is 70.2 Å². The third-order valence-corrected chi connectivity index (χ3v) is 11.2. The van der Waals surface area contributed by atoms with Gasteiger partial charge in [0.15, 0.2) is 0 Å². The van der Waals surface area contributed by atoms with Crippen molar-refractivity contribution in [3.05, 3.63) is 79.8 Å². The molecule has 1 aromatic heterocycles. The van der Waals surface area contributed by atoms with Crippen molar-refractivity contribution in [2.24, 2.45) is 29.6 Å². The molecule has 1 saturated heterocycles. The molecule has 7 rings (SSSR count). The van der Waals surface area contributed by atoms with E-state index in [1.165, 1.54) is 23.5 Å². The first-order chi connectivity index (χ1) is 17.6. The van der Waals surface area contributed by atoms with Crippen LogP contribution in [-0.2, 0) is 15.8 Å². The largest absolute Gasteiger partial charge is 0.416 e. The molecule has 5 nitrogen and oxygen atoms in total. The Balaban J connectivity index is 1.30. The number of aromatic nitrogens is 1. The van der Waals surface area contributed by atoms with Crippen LogP contribution in [0.25, 0.3) is 0 Å². The molecule has 0 radical (unpaired) electrons. The molecule has 0 unspecified atom stereocenters. The Kier molecular flexibility index (Phi) is 4.93. The molecule has 37 heavy (non-hydrogen) atoms. The zero-order valence-electron chi connectivity index (χ0n) is 19.5. The van der Waals surface area contributed by atoms with Gasteiger partial charge in [0.1, 0.15) is 0 Å². The minimum absolute atomic E-state index is 0.0206. The summed E-state index contributed by atoms with van der Waals surface area (Å²) >= 11 is 2.79. The predicted octanol–water partition coefficient (Wildman–Crippen LogP) is 5.44. The average Bonchev–Trinajstić information content (AvgIpc) is 3.58. The maximum Gasteiger partial charge on any atom is 0.416 e. The fourth-order valence-corrected chi connectivity index (χ4v) is 10.1. The number of hydrogen-bond donors (Lipinski definition) is 1. The van der Waals surface area contributed by atoms with Crippen molar-refractivity contribution in [2.75, 3.05) is 4.90 Å². The molecule has 1 N–H and O–H groups in total. The van der Waals surface area contributed by atoms with Gasteiger partial charge in [-0.3, -0.25) is 19.3 Å². The SMILES string of the molecule is Cc1ccc([C@@H]2c3sc(=O)[nH]c3S[C@@H]3[C@H]4C[C@@H]([C@@H]5C(=O)N(c6cccc(C(F)(F)F)c6)C(=O)[C@@H]45)[C@H]23)cc1. The fraction of sp³-hybridized carbons (Fsp3) is 0.370. The van der Waals surface area contributed by atoms with Crippen LogP contribution in [0.2, 0.25) is 0 Å². The highest BCUT2D eigenvalue weighted by Crippen LogP contribution is 2.68. The minimum atomic E-state index is -4.57. The van der Waals surface area contributed by atoms with Gasteiger partial charge in [0.05, 0.1) is 28.1 Å². The van der Waals surface area contributed by atoms with E-state index in [4.69, 9.17) is 0 Å². The standard InChI is InChI=1S/C27H21F3N2O3S2/c1-11-5-7-12(8-6-11)17-18-15-10-16(21(18)36-23-22(17)37-26(35)31-23)20-19(15)24(33)32(25(20)34)14-4-2-3-13(9-14)27(28,29)30/h2-9,15-21H,10H2,1H3,(H,31,35)/t15-,16+,17+,18-,19+,20+,21-/m1/s1. The quantitative estimate of drug-likeness (QED) is 0.438. The fourth-order valence-electron chi connectivity index (χ4n) is 7.24. The van der Waals surface area contributed by atoms with Crippen LogP contribution in [0.3, 0.4) is 0 Å². The monoisotopic (exact) mass is 542 g/mol. The Hall–Kier alpha value is -2.85. The molecule has 3 aromatic rings. The molecule has 4 aliphatic rings. The number of halogens is 3. The normalized spacial score (nSPS) is 32.0. The predicted molar refractivity (Wildman–Crippen MR) is 134 cm³/mol. The first-order valence-electron chi connectivity index (χ1n) is 12.1. The van der Waals surface area contributed by atoms with E-state index in [9.17, 15) is 27.6 Å². The molecule has 2 saturated carbocycles. The first-order valence-corrected chi connectivity index (χ1v) is 13.8. The lowest BCUT2D eigenvalue weighted by Gasteiger charge is -2.43. The summed E-state index contributed by atoms with van der Waals surface area (Å²) in [6, 6.07) is 12.7. The number of nitrogens with one attached hydrogen (secondary N) is 1. The summed E-state index contributed by atoms with van der Waals surface area (Å²) in [4.78, 5) is 44.5. The van der Waals surface area contributed by atoms with E-state index in [-0.39, 0.29) is 39.5 Å². The molecular weight excluding hydrogens is 521 g/mol. The van der Waals surface area contributed by atoms with E-state index in [0.717, 1.165) is 44.5 Å². The van der Waals surface area contributed by atoms with Crippen LogP contribution in [0.1, 0.15) is 33.9 Å². The second-order valence-electron chi connectivity index (χ2n) is 10.4. The number of thioether (sulfide) groups is 1. The maximum absolute atomic E-state index is 13.7. The van der Waals surface area contributed by atoms with E-state index >= 15 is 0 Å². The average molecular weight is 543 g/mol. The number of fused-ring (bicyclic) bond motifs is 9. The zero-order valence-corrected chi connectivity index (χ0v) is 21.1. The number of aromatic amines is 1. The number of imide groups is 1. The number of rotatable bonds is 2. The van der Waals surface area contributed by atoms with Crippen LogP contribution in [0.15, 0.2) is 58.4 Å². The Morgan fingerprint density at radius 3 is 2.38 bits per heavy atom. The van der Waals surface area contributed by atoms with Gasteiger partial charge in [0, 0.05) is 16.0 Å². The van der Waals surface area contributed by atoms with Crippen LogP contribution in [0.5, 0.6) is 0 Å².